The van der Waals surface area contributed by atoms with Crippen LogP contribution in [-0.4, -0.2) is 19.4 Å². The van der Waals surface area contributed by atoms with Crippen molar-refractivity contribution in [1.29, 1.82) is 0 Å². The minimum atomic E-state index is 0.248. The Balaban J connectivity index is 2.17. The molecule has 0 aromatic carbocycles. The molecule has 1 heterocycles. The molecule has 7 heavy (non-hydrogen) atoms. The van der Waals surface area contributed by atoms with Crippen molar-refractivity contribution in [1.82, 2.24) is 5.32 Å². The van der Waals surface area contributed by atoms with Crippen molar-refractivity contribution in [2.75, 3.05) is 7.05 Å². The fourth-order valence-electron chi connectivity index (χ4n) is 0.535. The zero-order chi connectivity index (χ0) is 5.28. The topological polar surface area (TPSA) is 24.6 Å². The molecule has 0 amide bonds. The van der Waals surface area contributed by atoms with Gasteiger partial charge in [0.2, 0.25) is 0 Å². The molecule has 1 rings (SSSR count). The molecule has 0 radical (unpaired) electrons. The Hall–Kier alpha value is -0.340. The van der Waals surface area contributed by atoms with Gasteiger partial charge in [-0.2, -0.15) is 0 Å². The van der Waals surface area contributed by atoms with E-state index >= 15 is 0 Å². The van der Waals surface area contributed by atoms with E-state index in [1.54, 1.807) is 6.08 Å². The first-order valence-corrected chi connectivity index (χ1v) is 2.33. The van der Waals surface area contributed by atoms with E-state index in [9.17, 15) is 0 Å². The molecule has 0 aromatic rings. The van der Waals surface area contributed by atoms with E-state index in [2.05, 4.69) is 11.9 Å². The molecule has 1 aliphatic heterocycles. The summed E-state index contributed by atoms with van der Waals surface area (Å²) in [4.78, 5) is 0. The van der Waals surface area contributed by atoms with Gasteiger partial charge in [0.15, 0.2) is 0 Å². The molecule has 1 unspecified atom stereocenters. The lowest BCUT2D eigenvalue weighted by atomic mass is 10.4. The van der Waals surface area contributed by atoms with Crippen LogP contribution in [0.3, 0.4) is 0 Å². The Morgan fingerprint density at radius 1 is 1.86 bits per heavy atom. The molecule has 0 bridgehead atoms. The van der Waals surface area contributed by atoms with Crippen LogP contribution >= 0.6 is 0 Å². The van der Waals surface area contributed by atoms with Crippen LogP contribution in [0.1, 0.15) is 0 Å². The highest BCUT2D eigenvalue weighted by atomic mass is 16.6. The maximum absolute atomic E-state index is 4.99. The highest BCUT2D eigenvalue weighted by Crippen LogP contribution is 2.18. The van der Waals surface area contributed by atoms with Crippen LogP contribution in [0.5, 0.6) is 0 Å². The number of hydrogen-bond donors (Lipinski definition) is 1. The maximum Gasteiger partial charge on any atom is 0.139 e. The van der Waals surface area contributed by atoms with Gasteiger partial charge in [-0.05, 0) is 7.05 Å². The molecule has 2 atom stereocenters. The van der Waals surface area contributed by atoms with Crippen molar-refractivity contribution in [3.63, 3.8) is 0 Å². The maximum atomic E-state index is 4.99. The summed E-state index contributed by atoms with van der Waals surface area (Å²) in [7, 11) is 1.87. The van der Waals surface area contributed by atoms with Crippen molar-refractivity contribution in [2.24, 2.45) is 0 Å². The molecular formula is C5H9NO. The van der Waals surface area contributed by atoms with Crippen LogP contribution in [0.4, 0.5) is 0 Å². The Morgan fingerprint density at radius 2 is 2.57 bits per heavy atom. The van der Waals surface area contributed by atoms with Crippen LogP contribution in [0.25, 0.3) is 0 Å². The van der Waals surface area contributed by atoms with E-state index in [0.29, 0.717) is 0 Å². The molecule has 1 saturated heterocycles. The predicted molar refractivity (Wildman–Crippen MR) is 27.9 cm³/mol. The predicted octanol–water partition coefficient (Wildman–Crippen LogP) is 0.117. The Labute approximate surface area is 43.2 Å². The van der Waals surface area contributed by atoms with Gasteiger partial charge in [0, 0.05) is 0 Å². The largest absolute Gasteiger partial charge is 0.349 e. The summed E-state index contributed by atoms with van der Waals surface area (Å²) < 4.78 is 4.99. The molecule has 0 aromatic heterocycles. The van der Waals surface area contributed by atoms with Crippen molar-refractivity contribution < 1.29 is 4.74 Å². The highest BCUT2D eigenvalue weighted by molar-refractivity contribution is 4.95. The second kappa shape index (κ2) is 1.64. The van der Waals surface area contributed by atoms with Gasteiger partial charge in [-0.15, -0.1) is 6.58 Å². The second-order valence-electron chi connectivity index (χ2n) is 1.55. The van der Waals surface area contributed by atoms with Gasteiger partial charge in [0.25, 0.3) is 0 Å². The van der Waals surface area contributed by atoms with E-state index in [0.717, 1.165) is 0 Å². The number of rotatable bonds is 2. The number of nitrogens with one attached hydrogen (secondary N) is 1. The van der Waals surface area contributed by atoms with Crippen LogP contribution in [0.15, 0.2) is 12.7 Å². The number of likely N-dealkylation sites (N-methyl/N-ethyl adjacent to an activating group) is 1. The van der Waals surface area contributed by atoms with Crippen LogP contribution in [0.2, 0.25) is 0 Å². The van der Waals surface area contributed by atoms with Crippen molar-refractivity contribution in [3.05, 3.63) is 12.7 Å². The Morgan fingerprint density at radius 3 is 2.71 bits per heavy atom. The van der Waals surface area contributed by atoms with Gasteiger partial charge in [0.05, 0.1) is 0 Å². The smallest absolute Gasteiger partial charge is 0.139 e. The summed E-state index contributed by atoms with van der Waals surface area (Å²) >= 11 is 0. The molecule has 0 spiro atoms. The summed E-state index contributed by atoms with van der Waals surface area (Å²) in [6.45, 7) is 3.56. The van der Waals surface area contributed by atoms with Crippen molar-refractivity contribution in [2.45, 2.75) is 12.3 Å². The van der Waals surface area contributed by atoms with Crippen molar-refractivity contribution >= 4 is 0 Å². The summed E-state index contributed by atoms with van der Waals surface area (Å²) in [5.74, 6) is 0. The third kappa shape index (κ3) is 0.813. The van der Waals surface area contributed by atoms with Crippen LogP contribution in [0, 0.1) is 0 Å². The van der Waals surface area contributed by atoms with Crippen molar-refractivity contribution in [3.8, 4) is 0 Å². The average molecular weight is 99.1 g/mol. The Bertz CT molecular complexity index is 82.1. The molecule has 0 aliphatic carbocycles. The molecule has 1 aliphatic rings. The van der Waals surface area contributed by atoms with Gasteiger partial charge in [-0.1, -0.05) is 6.08 Å². The summed E-state index contributed by atoms with van der Waals surface area (Å²) in [5.41, 5.74) is 0. The Kier molecular flexibility index (Phi) is 1.13. The quantitative estimate of drug-likeness (QED) is 0.392. The zero-order valence-corrected chi connectivity index (χ0v) is 4.35. The van der Waals surface area contributed by atoms with Crippen LogP contribution < -0.4 is 5.32 Å². The second-order valence-corrected chi connectivity index (χ2v) is 1.55. The monoisotopic (exact) mass is 99.1 g/mol. The van der Waals surface area contributed by atoms with E-state index in [1.807, 2.05) is 7.05 Å². The van der Waals surface area contributed by atoms with E-state index < -0.39 is 0 Å². The molecule has 2 heteroatoms. The lowest BCUT2D eigenvalue weighted by Gasteiger charge is -1.79. The molecule has 1 fully saturated rings. The zero-order valence-electron chi connectivity index (χ0n) is 4.35. The van der Waals surface area contributed by atoms with Gasteiger partial charge >= 0.3 is 0 Å². The third-order valence-electron chi connectivity index (χ3n) is 1.04. The minimum Gasteiger partial charge on any atom is -0.349 e. The normalized spacial score (nSPS) is 37.9. The van der Waals surface area contributed by atoms with E-state index in [-0.39, 0.29) is 12.3 Å². The van der Waals surface area contributed by atoms with E-state index in [1.165, 1.54) is 0 Å². The fourth-order valence-corrected chi connectivity index (χ4v) is 0.535. The first-order chi connectivity index (χ1) is 3.38. The lowest BCUT2D eigenvalue weighted by Crippen LogP contribution is -2.11. The molecule has 2 nitrogen and oxygen atoms in total. The highest BCUT2D eigenvalue weighted by Gasteiger charge is 2.33. The number of hydrogen-bond acceptors (Lipinski definition) is 2. The fraction of sp³-hybridized carbons (Fsp3) is 0.600. The SMILES string of the molecule is C=CC1O[C@H]1NC. The van der Waals surface area contributed by atoms with Gasteiger partial charge in [0.1, 0.15) is 12.3 Å². The first kappa shape index (κ1) is 4.81. The van der Waals surface area contributed by atoms with Gasteiger partial charge < -0.3 is 4.74 Å². The first-order valence-electron chi connectivity index (χ1n) is 2.33. The average Bonchev–Trinajstić information content (AvgIpc) is 2.43. The lowest BCUT2D eigenvalue weighted by molar-refractivity contribution is 0.368. The standard InChI is InChI=1S/C5H9NO/c1-3-4-5(6-2)7-4/h3-6H,1H2,2H3/t4?,5-/m1/s1. The number of ether oxygens (including phenoxy) is 1. The van der Waals surface area contributed by atoms with E-state index in [4.69, 9.17) is 4.74 Å². The molecular weight excluding hydrogens is 90.1 g/mol. The minimum absolute atomic E-state index is 0.248. The number of epoxide rings is 1. The molecule has 40 valence electrons. The molecule has 0 saturated carbocycles. The van der Waals surface area contributed by atoms with Gasteiger partial charge in [-0.3, -0.25) is 5.32 Å². The molecule has 1 N–H and O–H groups in total. The summed E-state index contributed by atoms with van der Waals surface area (Å²) in [6, 6.07) is 0. The third-order valence-corrected chi connectivity index (χ3v) is 1.04. The summed E-state index contributed by atoms with van der Waals surface area (Å²) in [6.07, 6.45) is 2.31. The van der Waals surface area contributed by atoms with Crippen LogP contribution in [-0.2, 0) is 4.74 Å². The summed E-state index contributed by atoms with van der Waals surface area (Å²) in [5, 5.41) is 2.95. The van der Waals surface area contributed by atoms with Gasteiger partial charge in [-0.25, -0.2) is 0 Å².